The maximum absolute atomic E-state index is 5.46. The Morgan fingerprint density at radius 3 is 3.07 bits per heavy atom. The Labute approximate surface area is 88.7 Å². The van der Waals surface area contributed by atoms with Crippen LogP contribution in [0.3, 0.4) is 0 Å². The van der Waals surface area contributed by atoms with Crippen LogP contribution in [-0.4, -0.2) is 28.8 Å². The number of aromatic nitrogens is 3. The van der Waals surface area contributed by atoms with E-state index in [4.69, 9.17) is 5.73 Å². The van der Waals surface area contributed by atoms with E-state index in [-0.39, 0.29) is 0 Å². The summed E-state index contributed by atoms with van der Waals surface area (Å²) in [6.45, 7) is 0.896. The highest BCUT2D eigenvalue weighted by atomic mass is 15.4. The number of nitrogens with one attached hydrogen (secondary N) is 1. The summed E-state index contributed by atoms with van der Waals surface area (Å²) in [6.07, 6.45) is 8.65. The molecule has 0 saturated carbocycles. The SMILES string of the molecule is CN(CCC1=CCC=C1)c1n[nH]c(N)n1. The van der Waals surface area contributed by atoms with Crippen LogP contribution in [0.1, 0.15) is 12.8 Å². The summed E-state index contributed by atoms with van der Waals surface area (Å²) >= 11 is 0. The number of nitrogen functional groups attached to an aromatic ring is 1. The molecule has 15 heavy (non-hydrogen) atoms. The molecule has 3 N–H and O–H groups in total. The van der Waals surface area contributed by atoms with Crippen LogP contribution in [0.15, 0.2) is 23.8 Å². The van der Waals surface area contributed by atoms with E-state index in [0.29, 0.717) is 11.9 Å². The van der Waals surface area contributed by atoms with Crippen LogP contribution < -0.4 is 10.6 Å². The minimum Gasteiger partial charge on any atom is -0.368 e. The van der Waals surface area contributed by atoms with Gasteiger partial charge in [-0.25, -0.2) is 5.10 Å². The number of H-pyrrole nitrogens is 1. The van der Waals surface area contributed by atoms with E-state index >= 15 is 0 Å². The molecule has 0 atom stereocenters. The Bertz CT molecular complexity index is 390. The van der Waals surface area contributed by atoms with Crippen molar-refractivity contribution in [3.63, 3.8) is 0 Å². The molecule has 5 heteroatoms. The number of rotatable bonds is 4. The summed E-state index contributed by atoms with van der Waals surface area (Å²) in [5.74, 6) is 1.01. The number of allylic oxidation sites excluding steroid dienone is 3. The van der Waals surface area contributed by atoms with E-state index in [0.717, 1.165) is 19.4 Å². The molecule has 0 radical (unpaired) electrons. The Morgan fingerprint density at radius 1 is 1.60 bits per heavy atom. The number of hydrogen-bond acceptors (Lipinski definition) is 4. The monoisotopic (exact) mass is 205 g/mol. The van der Waals surface area contributed by atoms with Crippen LogP contribution in [0.2, 0.25) is 0 Å². The van der Waals surface area contributed by atoms with Crippen molar-refractivity contribution in [1.82, 2.24) is 15.2 Å². The van der Waals surface area contributed by atoms with Crippen LogP contribution in [0.5, 0.6) is 0 Å². The van der Waals surface area contributed by atoms with Crippen molar-refractivity contribution in [2.24, 2.45) is 0 Å². The van der Waals surface area contributed by atoms with Crippen LogP contribution in [0, 0.1) is 0 Å². The van der Waals surface area contributed by atoms with Gasteiger partial charge in [0.15, 0.2) is 0 Å². The lowest BCUT2D eigenvalue weighted by Crippen LogP contribution is -2.20. The third kappa shape index (κ3) is 2.37. The molecule has 0 amide bonds. The van der Waals surface area contributed by atoms with Crippen LogP contribution >= 0.6 is 0 Å². The second-order valence-electron chi connectivity index (χ2n) is 3.61. The van der Waals surface area contributed by atoms with Gasteiger partial charge >= 0.3 is 0 Å². The summed E-state index contributed by atoms with van der Waals surface area (Å²) in [5, 5.41) is 6.61. The molecule has 1 heterocycles. The minimum absolute atomic E-state index is 0.358. The van der Waals surface area contributed by atoms with Gasteiger partial charge in [0, 0.05) is 13.6 Å². The highest BCUT2D eigenvalue weighted by molar-refractivity contribution is 5.34. The molecular weight excluding hydrogens is 190 g/mol. The highest BCUT2D eigenvalue weighted by Crippen LogP contribution is 2.14. The molecule has 0 unspecified atom stereocenters. The molecule has 5 nitrogen and oxygen atoms in total. The topological polar surface area (TPSA) is 70.8 Å². The Kier molecular flexibility index (Phi) is 2.71. The molecule has 0 aromatic carbocycles. The third-order valence-electron chi connectivity index (χ3n) is 2.42. The third-order valence-corrected chi connectivity index (χ3v) is 2.42. The summed E-state index contributed by atoms with van der Waals surface area (Å²) in [7, 11) is 1.96. The van der Waals surface area contributed by atoms with Gasteiger partial charge in [0.25, 0.3) is 0 Å². The summed E-state index contributed by atoms with van der Waals surface area (Å²) < 4.78 is 0. The van der Waals surface area contributed by atoms with Crippen molar-refractivity contribution < 1.29 is 0 Å². The standard InChI is InChI=1S/C10H15N5/c1-15(10-12-9(11)13-14-10)7-6-8-4-2-3-5-8/h2,4-5H,3,6-7H2,1H3,(H3,11,12,13,14). The lowest BCUT2D eigenvalue weighted by Gasteiger charge is -2.13. The average Bonchev–Trinajstić information content (AvgIpc) is 2.84. The smallest absolute Gasteiger partial charge is 0.246 e. The molecule has 1 aromatic rings. The summed E-state index contributed by atoms with van der Waals surface area (Å²) in [4.78, 5) is 6.04. The average molecular weight is 205 g/mol. The van der Waals surface area contributed by atoms with Gasteiger partial charge in [-0.3, -0.25) is 0 Å². The lowest BCUT2D eigenvalue weighted by atomic mass is 10.2. The van der Waals surface area contributed by atoms with Crippen LogP contribution in [0.25, 0.3) is 0 Å². The van der Waals surface area contributed by atoms with Crippen molar-refractivity contribution in [2.45, 2.75) is 12.8 Å². The molecule has 1 aliphatic carbocycles. The van der Waals surface area contributed by atoms with Gasteiger partial charge in [-0.2, -0.15) is 4.98 Å². The van der Waals surface area contributed by atoms with E-state index in [1.165, 1.54) is 5.57 Å². The normalized spacial score (nSPS) is 14.3. The highest BCUT2D eigenvalue weighted by Gasteiger charge is 2.07. The van der Waals surface area contributed by atoms with E-state index in [1.54, 1.807) is 0 Å². The fourth-order valence-corrected chi connectivity index (χ4v) is 1.52. The number of aromatic amines is 1. The Morgan fingerprint density at radius 2 is 2.47 bits per heavy atom. The van der Waals surface area contributed by atoms with Crippen molar-refractivity contribution in [3.8, 4) is 0 Å². The van der Waals surface area contributed by atoms with Gasteiger partial charge < -0.3 is 10.6 Å². The maximum Gasteiger partial charge on any atom is 0.246 e. The number of nitrogens with zero attached hydrogens (tertiary/aromatic N) is 3. The number of hydrogen-bond donors (Lipinski definition) is 2. The predicted octanol–water partition coefficient (Wildman–Crippen LogP) is 1.10. The first-order valence-electron chi connectivity index (χ1n) is 5.00. The Balaban J connectivity index is 1.87. The van der Waals surface area contributed by atoms with Gasteiger partial charge in [0.1, 0.15) is 0 Å². The molecule has 1 aliphatic rings. The molecule has 0 fully saturated rings. The summed E-state index contributed by atoms with van der Waals surface area (Å²) in [5.41, 5.74) is 6.84. The zero-order valence-corrected chi connectivity index (χ0v) is 8.77. The van der Waals surface area contributed by atoms with Gasteiger partial charge in [0.05, 0.1) is 0 Å². The quantitative estimate of drug-likeness (QED) is 0.772. The summed E-state index contributed by atoms with van der Waals surface area (Å²) in [6, 6.07) is 0. The van der Waals surface area contributed by atoms with E-state index in [1.807, 2.05) is 11.9 Å². The van der Waals surface area contributed by atoms with Crippen molar-refractivity contribution >= 4 is 11.9 Å². The minimum atomic E-state index is 0.358. The van der Waals surface area contributed by atoms with Crippen molar-refractivity contribution in [1.29, 1.82) is 0 Å². The molecular formula is C10H15N5. The Hall–Kier alpha value is -1.78. The zero-order valence-electron chi connectivity index (χ0n) is 8.77. The van der Waals surface area contributed by atoms with Gasteiger partial charge in [-0.1, -0.05) is 23.8 Å². The van der Waals surface area contributed by atoms with Crippen LogP contribution in [0.4, 0.5) is 11.9 Å². The molecule has 2 rings (SSSR count). The maximum atomic E-state index is 5.46. The van der Waals surface area contributed by atoms with Crippen molar-refractivity contribution in [2.75, 3.05) is 24.2 Å². The second kappa shape index (κ2) is 4.16. The molecule has 80 valence electrons. The van der Waals surface area contributed by atoms with E-state index in [2.05, 4.69) is 33.4 Å². The molecule has 1 aromatic heterocycles. The first kappa shape index (κ1) is 9.76. The number of nitrogens with two attached hydrogens (primary N) is 1. The first-order valence-corrected chi connectivity index (χ1v) is 5.00. The molecule has 0 spiro atoms. The zero-order chi connectivity index (χ0) is 10.7. The fourth-order valence-electron chi connectivity index (χ4n) is 1.52. The van der Waals surface area contributed by atoms with Gasteiger partial charge in [0.2, 0.25) is 11.9 Å². The molecule has 0 saturated heterocycles. The van der Waals surface area contributed by atoms with Gasteiger partial charge in [-0.05, 0) is 12.8 Å². The molecule has 0 bridgehead atoms. The largest absolute Gasteiger partial charge is 0.368 e. The second-order valence-corrected chi connectivity index (χ2v) is 3.61. The van der Waals surface area contributed by atoms with Gasteiger partial charge in [-0.15, -0.1) is 5.10 Å². The van der Waals surface area contributed by atoms with E-state index in [9.17, 15) is 0 Å². The predicted molar refractivity (Wildman–Crippen MR) is 60.5 cm³/mol. The lowest BCUT2D eigenvalue weighted by molar-refractivity contribution is 0.843. The first-order chi connectivity index (χ1) is 7.25. The van der Waals surface area contributed by atoms with E-state index < -0.39 is 0 Å². The molecule has 0 aliphatic heterocycles. The fraction of sp³-hybridized carbons (Fsp3) is 0.400. The number of anilines is 2. The van der Waals surface area contributed by atoms with Crippen molar-refractivity contribution in [3.05, 3.63) is 23.8 Å². The van der Waals surface area contributed by atoms with Crippen LogP contribution in [-0.2, 0) is 0 Å².